The van der Waals surface area contributed by atoms with Crippen molar-refractivity contribution in [1.82, 2.24) is 0 Å². The number of Topliss-reactive ketones (excluding diaryl/α,β-unsaturated/α-hetero) is 1. The molecule has 7 nitrogen and oxygen atoms in total. The largest absolute Gasteiger partial charge is 0.494 e. The Labute approximate surface area is 175 Å². The second-order valence-electron chi connectivity index (χ2n) is 6.88. The molecule has 0 unspecified atom stereocenters. The van der Waals surface area contributed by atoms with Crippen molar-refractivity contribution in [1.29, 1.82) is 0 Å². The molecule has 160 valence electrons. The molecule has 7 heteroatoms. The molecule has 30 heavy (non-hydrogen) atoms. The Morgan fingerprint density at radius 2 is 1.80 bits per heavy atom. The fourth-order valence-electron chi connectivity index (χ4n) is 3.39. The summed E-state index contributed by atoms with van der Waals surface area (Å²) in [5, 5.41) is 0. The lowest BCUT2D eigenvalue weighted by molar-refractivity contribution is -0.146. The number of ether oxygens (including phenoxy) is 5. The molecule has 0 aromatic heterocycles. The van der Waals surface area contributed by atoms with Crippen LogP contribution in [-0.2, 0) is 9.53 Å². The van der Waals surface area contributed by atoms with Crippen LogP contribution in [-0.4, -0.2) is 39.7 Å². The van der Waals surface area contributed by atoms with Gasteiger partial charge in [-0.05, 0) is 42.3 Å². The van der Waals surface area contributed by atoms with Crippen LogP contribution in [0.5, 0.6) is 23.0 Å². The summed E-state index contributed by atoms with van der Waals surface area (Å²) in [6.07, 6.45) is 1.06. The second kappa shape index (κ2) is 9.52. The van der Waals surface area contributed by atoms with E-state index in [1.54, 1.807) is 36.4 Å². The Balaban J connectivity index is 1.99. The Bertz CT molecular complexity index is 922. The molecule has 0 saturated heterocycles. The summed E-state index contributed by atoms with van der Waals surface area (Å²) in [7, 11) is 4.30. The third-order valence-electron chi connectivity index (χ3n) is 5.01. The highest BCUT2D eigenvalue weighted by Gasteiger charge is 2.44. The van der Waals surface area contributed by atoms with E-state index in [1.807, 2.05) is 0 Å². The number of ketones is 1. The minimum Gasteiger partial charge on any atom is -0.494 e. The van der Waals surface area contributed by atoms with Gasteiger partial charge in [-0.25, -0.2) is 0 Å². The summed E-state index contributed by atoms with van der Waals surface area (Å²) >= 11 is 0. The van der Waals surface area contributed by atoms with E-state index >= 15 is 0 Å². The maximum atomic E-state index is 13.3. The molecule has 2 atom stereocenters. The normalized spacial score (nSPS) is 17.5. The van der Waals surface area contributed by atoms with Gasteiger partial charge in [-0.1, -0.05) is 19.4 Å². The fraction of sp³-hybridized carbons (Fsp3) is 0.391. The van der Waals surface area contributed by atoms with Crippen molar-refractivity contribution in [3.8, 4) is 23.0 Å². The quantitative estimate of drug-likeness (QED) is 0.367. The Kier molecular flexibility index (Phi) is 6.82. The smallest absolute Gasteiger partial charge is 0.320 e. The van der Waals surface area contributed by atoms with Crippen LogP contribution in [0.4, 0.5) is 0 Å². The molecule has 0 saturated carbocycles. The number of hydrogen-bond acceptors (Lipinski definition) is 7. The third kappa shape index (κ3) is 4.20. The highest BCUT2D eigenvalue weighted by molar-refractivity contribution is 6.11. The highest BCUT2D eigenvalue weighted by Crippen LogP contribution is 2.42. The van der Waals surface area contributed by atoms with Gasteiger partial charge in [0, 0.05) is 0 Å². The first-order valence-corrected chi connectivity index (χ1v) is 9.81. The van der Waals surface area contributed by atoms with Crippen molar-refractivity contribution < 1.29 is 33.3 Å². The Morgan fingerprint density at radius 1 is 1.03 bits per heavy atom. The predicted molar refractivity (Wildman–Crippen MR) is 110 cm³/mol. The summed E-state index contributed by atoms with van der Waals surface area (Å²) in [4.78, 5) is 25.8. The molecule has 0 radical (unpaired) electrons. The van der Waals surface area contributed by atoms with Gasteiger partial charge in [0.1, 0.15) is 17.6 Å². The van der Waals surface area contributed by atoms with E-state index in [-0.39, 0.29) is 5.78 Å². The number of unbranched alkanes of at least 4 members (excludes halogenated alkanes) is 1. The minimum atomic E-state index is -1.15. The first-order valence-electron chi connectivity index (χ1n) is 9.81. The number of benzene rings is 2. The molecular weight excluding hydrogens is 388 g/mol. The average Bonchev–Trinajstić information content (AvgIpc) is 2.78. The van der Waals surface area contributed by atoms with Crippen molar-refractivity contribution in [2.75, 3.05) is 27.9 Å². The molecule has 3 rings (SSSR count). The standard InChI is InChI=1S/C23H26O7/c1-5-6-11-29-15-8-10-17-16(13-15)21(24)20(23(25)28-4)22(30-17)14-7-9-18(26-2)19(12-14)27-3/h7-10,12-13,20,22H,5-6,11H2,1-4H3/t20-,22+/m0/s1. The molecular formula is C23H26O7. The molecule has 0 aliphatic carbocycles. The van der Waals surface area contributed by atoms with E-state index in [0.717, 1.165) is 12.8 Å². The Morgan fingerprint density at radius 3 is 2.47 bits per heavy atom. The summed E-state index contributed by atoms with van der Waals surface area (Å²) in [5.74, 6) is -0.222. The van der Waals surface area contributed by atoms with Crippen LogP contribution in [0.1, 0.15) is 41.8 Å². The molecule has 0 fully saturated rings. The van der Waals surface area contributed by atoms with Crippen LogP contribution in [0.15, 0.2) is 36.4 Å². The number of carbonyl (C=O) groups excluding carboxylic acids is 2. The van der Waals surface area contributed by atoms with Gasteiger partial charge in [-0.3, -0.25) is 9.59 Å². The monoisotopic (exact) mass is 414 g/mol. The predicted octanol–water partition coefficient (Wildman–Crippen LogP) is 3.99. The molecule has 0 N–H and O–H groups in total. The second-order valence-corrected chi connectivity index (χ2v) is 6.88. The van der Waals surface area contributed by atoms with E-state index in [9.17, 15) is 9.59 Å². The maximum Gasteiger partial charge on any atom is 0.320 e. The van der Waals surface area contributed by atoms with Crippen molar-refractivity contribution in [2.24, 2.45) is 5.92 Å². The zero-order valence-corrected chi connectivity index (χ0v) is 17.6. The van der Waals surface area contributed by atoms with E-state index < -0.39 is 18.0 Å². The van der Waals surface area contributed by atoms with Gasteiger partial charge in [-0.2, -0.15) is 0 Å². The number of carbonyl (C=O) groups is 2. The first-order chi connectivity index (χ1) is 14.5. The zero-order valence-electron chi connectivity index (χ0n) is 17.6. The van der Waals surface area contributed by atoms with Crippen LogP contribution in [0.2, 0.25) is 0 Å². The number of hydrogen-bond donors (Lipinski definition) is 0. The van der Waals surface area contributed by atoms with Crippen LogP contribution in [0.25, 0.3) is 0 Å². The van der Waals surface area contributed by atoms with Crippen LogP contribution in [0, 0.1) is 5.92 Å². The molecule has 1 aliphatic rings. The summed E-state index contributed by atoms with van der Waals surface area (Å²) < 4.78 is 27.3. The van der Waals surface area contributed by atoms with Crippen molar-refractivity contribution >= 4 is 11.8 Å². The summed E-state index contributed by atoms with van der Waals surface area (Å²) in [6, 6.07) is 10.2. The third-order valence-corrected chi connectivity index (χ3v) is 5.01. The molecule has 2 aromatic rings. The van der Waals surface area contributed by atoms with E-state index in [2.05, 4.69) is 6.92 Å². The van der Waals surface area contributed by atoms with Gasteiger partial charge in [-0.15, -0.1) is 0 Å². The number of fused-ring (bicyclic) bond motifs is 1. The fourth-order valence-corrected chi connectivity index (χ4v) is 3.39. The summed E-state index contributed by atoms with van der Waals surface area (Å²) in [5.41, 5.74) is 0.904. The van der Waals surface area contributed by atoms with Crippen molar-refractivity contribution in [3.05, 3.63) is 47.5 Å². The van der Waals surface area contributed by atoms with E-state index in [0.29, 0.717) is 40.7 Å². The van der Waals surface area contributed by atoms with Crippen LogP contribution in [0.3, 0.4) is 0 Å². The number of esters is 1. The SMILES string of the molecule is CCCCOc1ccc2c(c1)C(=O)[C@H](C(=O)OC)[C@@H](c1ccc(OC)c(OC)c1)O2. The van der Waals surface area contributed by atoms with Gasteiger partial charge >= 0.3 is 5.97 Å². The molecule has 0 amide bonds. The Hall–Kier alpha value is -3.22. The molecule has 2 aromatic carbocycles. The lowest BCUT2D eigenvalue weighted by Gasteiger charge is -2.31. The van der Waals surface area contributed by atoms with Gasteiger partial charge in [0.05, 0.1) is 33.5 Å². The molecule has 0 bridgehead atoms. The van der Waals surface area contributed by atoms with Crippen LogP contribution >= 0.6 is 0 Å². The average molecular weight is 414 g/mol. The van der Waals surface area contributed by atoms with Crippen LogP contribution < -0.4 is 18.9 Å². The van der Waals surface area contributed by atoms with Gasteiger partial charge in [0.25, 0.3) is 0 Å². The maximum absolute atomic E-state index is 13.3. The highest BCUT2D eigenvalue weighted by atomic mass is 16.5. The first kappa shape index (κ1) is 21.5. The van der Waals surface area contributed by atoms with Crippen molar-refractivity contribution in [2.45, 2.75) is 25.9 Å². The lowest BCUT2D eigenvalue weighted by atomic mass is 9.85. The number of methoxy groups -OCH3 is 3. The lowest BCUT2D eigenvalue weighted by Crippen LogP contribution is -2.37. The van der Waals surface area contributed by atoms with E-state index in [4.69, 9.17) is 23.7 Å². The summed E-state index contributed by atoms with van der Waals surface area (Å²) in [6.45, 7) is 2.63. The topological polar surface area (TPSA) is 80.3 Å². The zero-order chi connectivity index (χ0) is 21.7. The minimum absolute atomic E-state index is 0.302. The van der Waals surface area contributed by atoms with Gasteiger partial charge < -0.3 is 23.7 Å². The molecule has 0 spiro atoms. The van der Waals surface area contributed by atoms with E-state index in [1.165, 1.54) is 21.3 Å². The molecule has 1 aliphatic heterocycles. The molecule has 1 heterocycles. The number of rotatable bonds is 8. The van der Waals surface area contributed by atoms with Crippen molar-refractivity contribution in [3.63, 3.8) is 0 Å². The van der Waals surface area contributed by atoms with Gasteiger partial charge in [0.2, 0.25) is 0 Å². The van der Waals surface area contributed by atoms with Gasteiger partial charge in [0.15, 0.2) is 23.2 Å².